The minimum Gasteiger partial charge on any atom is -0.378 e. The van der Waals surface area contributed by atoms with Gasteiger partial charge in [0.15, 0.2) is 5.96 Å². The third-order valence-corrected chi connectivity index (χ3v) is 6.30. The van der Waals surface area contributed by atoms with E-state index in [0.717, 1.165) is 17.7 Å². The van der Waals surface area contributed by atoms with Gasteiger partial charge in [-0.2, -0.15) is 0 Å². The maximum Gasteiger partial charge on any atom is 0.233 e. The lowest BCUT2D eigenvalue weighted by atomic mass is 9.85. The van der Waals surface area contributed by atoms with E-state index in [9.17, 15) is 9.59 Å². The van der Waals surface area contributed by atoms with Gasteiger partial charge in [0.25, 0.3) is 0 Å². The summed E-state index contributed by atoms with van der Waals surface area (Å²) in [6.07, 6.45) is 5.20. The molecule has 1 aromatic carbocycles. The van der Waals surface area contributed by atoms with Crippen LogP contribution in [-0.2, 0) is 16.1 Å². The minimum atomic E-state index is -0.126. The van der Waals surface area contributed by atoms with Gasteiger partial charge in [0, 0.05) is 46.5 Å². The summed E-state index contributed by atoms with van der Waals surface area (Å²) >= 11 is 0. The molecule has 1 aliphatic heterocycles. The van der Waals surface area contributed by atoms with Crippen molar-refractivity contribution in [1.82, 2.24) is 15.5 Å². The first-order valence-electron chi connectivity index (χ1n) is 10.2. The molecule has 4 atom stereocenters. The van der Waals surface area contributed by atoms with E-state index in [1.807, 2.05) is 20.2 Å². The van der Waals surface area contributed by atoms with Crippen LogP contribution in [0.4, 0.5) is 5.69 Å². The van der Waals surface area contributed by atoms with Gasteiger partial charge in [0.05, 0.1) is 11.8 Å². The van der Waals surface area contributed by atoms with E-state index in [-0.39, 0.29) is 59.5 Å². The molecule has 30 heavy (non-hydrogen) atoms. The zero-order chi connectivity index (χ0) is 20.5. The number of imide groups is 1. The van der Waals surface area contributed by atoms with Gasteiger partial charge < -0.3 is 15.5 Å². The quantitative estimate of drug-likeness (QED) is 0.196. The Morgan fingerprint density at radius 2 is 1.80 bits per heavy atom. The molecule has 0 radical (unpaired) electrons. The highest BCUT2D eigenvalue weighted by molar-refractivity contribution is 14.0. The van der Waals surface area contributed by atoms with E-state index >= 15 is 0 Å². The number of rotatable bonds is 6. The zero-order valence-electron chi connectivity index (χ0n) is 17.7. The molecule has 4 unspecified atom stereocenters. The molecule has 1 heterocycles. The van der Waals surface area contributed by atoms with Crippen LogP contribution in [0.5, 0.6) is 0 Å². The number of likely N-dealkylation sites (tertiary alicyclic amines) is 1. The molecule has 4 rings (SSSR count). The van der Waals surface area contributed by atoms with Crippen LogP contribution in [-0.4, -0.2) is 56.9 Å². The number of nitrogens with one attached hydrogen (secondary N) is 2. The molecule has 2 bridgehead atoms. The Morgan fingerprint density at radius 3 is 2.40 bits per heavy atom. The Balaban J connectivity index is 0.00000256. The first kappa shape index (κ1) is 22.6. The summed E-state index contributed by atoms with van der Waals surface area (Å²) in [7, 11) is 5.75. The van der Waals surface area contributed by atoms with Crippen LogP contribution in [0.3, 0.4) is 0 Å². The normalized spacial score (nSPS) is 26.6. The second-order valence-corrected chi connectivity index (χ2v) is 8.24. The number of hydrogen-bond acceptors (Lipinski definition) is 4. The Hall–Kier alpha value is -2.10. The summed E-state index contributed by atoms with van der Waals surface area (Å²) in [6.45, 7) is 1.50. The molecule has 162 valence electrons. The lowest BCUT2D eigenvalue weighted by Gasteiger charge is -2.19. The topological polar surface area (TPSA) is 77.0 Å². The van der Waals surface area contributed by atoms with Crippen molar-refractivity contribution in [2.75, 3.05) is 39.1 Å². The van der Waals surface area contributed by atoms with Gasteiger partial charge in [-0.1, -0.05) is 24.3 Å². The van der Waals surface area contributed by atoms with Crippen LogP contribution >= 0.6 is 24.0 Å². The SMILES string of the molecule is CN=C(NCCN1C(=O)C2C3C=CC(C3)C2C1=O)NCc1cccc(N(C)C)c1.I. The molecule has 2 fully saturated rings. The van der Waals surface area contributed by atoms with Crippen molar-refractivity contribution in [3.63, 3.8) is 0 Å². The summed E-state index contributed by atoms with van der Waals surface area (Å²) in [6, 6.07) is 8.29. The number of amides is 2. The van der Waals surface area contributed by atoms with Crippen molar-refractivity contribution in [2.45, 2.75) is 13.0 Å². The van der Waals surface area contributed by atoms with Gasteiger partial charge in [-0.05, 0) is 36.0 Å². The molecule has 1 saturated carbocycles. The first-order valence-corrected chi connectivity index (χ1v) is 10.2. The van der Waals surface area contributed by atoms with E-state index in [4.69, 9.17) is 0 Å². The van der Waals surface area contributed by atoms with Crippen LogP contribution in [0, 0.1) is 23.7 Å². The molecule has 8 heteroatoms. The third-order valence-electron chi connectivity index (χ3n) is 6.30. The molecular weight excluding hydrogens is 493 g/mol. The van der Waals surface area contributed by atoms with Crippen molar-refractivity contribution >= 4 is 47.4 Å². The molecule has 0 spiro atoms. The largest absolute Gasteiger partial charge is 0.378 e. The standard InChI is InChI=1S/C22H29N5O2.HI/c1-23-22(25-13-14-5-4-6-17(11-14)26(2)3)24-9-10-27-20(28)18-15-7-8-16(12-15)19(18)21(27)29;/h4-8,11,15-16,18-19H,9-10,12-13H2,1-3H3,(H2,23,24,25);1H. The number of hydrogen-bond donors (Lipinski definition) is 2. The predicted molar refractivity (Wildman–Crippen MR) is 129 cm³/mol. The highest BCUT2D eigenvalue weighted by atomic mass is 127. The van der Waals surface area contributed by atoms with Gasteiger partial charge >= 0.3 is 0 Å². The monoisotopic (exact) mass is 523 g/mol. The maximum atomic E-state index is 12.7. The fourth-order valence-electron chi connectivity index (χ4n) is 4.82. The molecular formula is C22H30IN5O2. The van der Waals surface area contributed by atoms with Crippen molar-refractivity contribution in [3.05, 3.63) is 42.0 Å². The minimum absolute atomic E-state index is 0. The van der Waals surface area contributed by atoms with Crippen molar-refractivity contribution < 1.29 is 9.59 Å². The lowest BCUT2D eigenvalue weighted by Crippen LogP contribution is -2.43. The van der Waals surface area contributed by atoms with Crippen molar-refractivity contribution in [1.29, 1.82) is 0 Å². The Labute approximate surface area is 195 Å². The number of benzene rings is 1. The molecule has 3 aliphatic rings. The second-order valence-electron chi connectivity index (χ2n) is 8.24. The summed E-state index contributed by atoms with van der Waals surface area (Å²) in [5.41, 5.74) is 2.30. The summed E-state index contributed by atoms with van der Waals surface area (Å²) in [4.78, 5) is 33.2. The van der Waals surface area contributed by atoms with Crippen LogP contribution < -0.4 is 15.5 Å². The zero-order valence-corrected chi connectivity index (χ0v) is 20.0. The number of anilines is 1. The van der Waals surface area contributed by atoms with E-state index in [1.165, 1.54) is 4.90 Å². The number of allylic oxidation sites excluding steroid dienone is 2. The number of halogens is 1. The van der Waals surface area contributed by atoms with Crippen LogP contribution in [0.25, 0.3) is 0 Å². The fraction of sp³-hybridized carbons (Fsp3) is 0.500. The first-order chi connectivity index (χ1) is 14.0. The number of aliphatic imine (C=N–C) groups is 1. The van der Waals surface area contributed by atoms with Gasteiger partial charge in [-0.3, -0.25) is 19.5 Å². The maximum absolute atomic E-state index is 12.7. The number of fused-ring (bicyclic) bond motifs is 5. The Morgan fingerprint density at radius 1 is 1.13 bits per heavy atom. The second kappa shape index (κ2) is 9.36. The highest BCUT2D eigenvalue weighted by Gasteiger charge is 2.58. The average molecular weight is 523 g/mol. The Kier molecular flexibility index (Phi) is 7.05. The molecule has 7 nitrogen and oxygen atoms in total. The van der Waals surface area contributed by atoms with E-state index in [1.54, 1.807) is 7.05 Å². The lowest BCUT2D eigenvalue weighted by molar-refractivity contribution is -0.140. The molecule has 2 amide bonds. The van der Waals surface area contributed by atoms with Crippen LogP contribution in [0.2, 0.25) is 0 Å². The summed E-state index contributed by atoms with van der Waals surface area (Å²) < 4.78 is 0. The molecule has 2 N–H and O–H groups in total. The molecule has 1 saturated heterocycles. The van der Waals surface area contributed by atoms with Crippen molar-refractivity contribution in [3.8, 4) is 0 Å². The molecule has 0 aromatic heterocycles. The van der Waals surface area contributed by atoms with Crippen LogP contribution in [0.1, 0.15) is 12.0 Å². The summed E-state index contributed by atoms with van der Waals surface area (Å²) in [5.74, 6) is 0.918. The van der Waals surface area contributed by atoms with E-state index in [0.29, 0.717) is 25.6 Å². The van der Waals surface area contributed by atoms with E-state index in [2.05, 4.69) is 50.9 Å². The molecule has 2 aliphatic carbocycles. The van der Waals surface area contributed by atoms with Gasteiger partial charge in [-0.15, -0.1) is 24.0 Å². The summed E-state index contributed by atoms with van der Waals surface area (Å²) in [5, 5.41) is 6.50. The number of carbonyl (C=O) groups is 2. The fourth-order valence-corrected chi connectivity index (χ4v) is 4.82. The van der Waals surface area contributed by atoms with Crippen molar-refractivity contribution in [2.24, 2.45) is 28.7 Å². The predicted octanol–water partition coefficient (Wildman–Crippen LogP) is 1.84. The third kappa shape index (κ3) is 4.19. The van der Waals surface area contributed by atoms with Gasteiger partial charge in [0.2, 0.25) is 11.8 Å². The van der Waals surface area contributed by atoms with Gasteiger partial charge in [0.1, 0.15) is 0 Å². The number of guanidine groups is 1. The smallest absolute Gasteiger partial charge is 0.233 e. The highest BCUT2D eigenvalue weighted by Crippen LogP contribution is 2.52. The van der Waals surface area contributed by atoms with Crippen LogP contribution in [0.15, 0.2) is 41.4 Å². The average Bonchev–Trinajstić information content (AvgIpc) is 3.40. The van der Waals surface area contributed by atoms with Gasteiger partial charge in [-0.25, -0.2) is 0 Å². The Bertz CT molecular complexity index is 839. The number of carbonyl (C=O) groups excluding carboxylic acids is 2. The number of nitrogens with zero attached hydrogens (tertiary/aromatic N) is 3. The molecule has 1 aromatic rings. The van der Waals surface area contributed by atoms with E-state index < -0.39 is 0 Å².